The molecule has 1 aliphatic carbocycles. The quantitative estimate of drug-likeness (QED) is 0.817. The molecule has 1 amide bonds. The Bertz CT molecular complexity index is 344. The van der Waals surface area contributed by atoms with Crippen LogP contribution in [0.4, 0.5) is 0 Å². The molecule has 1 aromatic heterocycles. The number of carbonyl (C=O) groups excluding carboxylic acids is 1. The number of amides is 1. The minimum absolute atomic E-state index is 0.0373. The molecule has 0 aliphatic heterocycles. The van der Waals surface area contributed by atoms with Gasteiger partial charge in [-0.25, -0.2) is 0 Å². The molecular weight excluding hydrogens is 246 g/mol. The van der Waals surface area contributed by atoms with E-state index in [1.54, 1.807) is 11.0 Å². The second-order valence-electron chi connectivity index (χ2n) is 3.61. The van der Waals surface area contributed by atoms with Crippen LogP contribution in [0.1, 0.15) is 29.6 Å². The molecule has 1 heterocycles. The Hall–Kier alpha value is -0.770. The Labute approximate surface area is 91.2 Å². The van der Waals surface area contributed by atoms with Crippen molar-refractivity contribution in [1.29, 1.82) is 0 Å². The number of hydrogen-bond acceptors (Lipinski definition) is 2. The van der Waals surface area contributed by atoms with Crippen molar-refractivity contribution in [2.75, 3.05) is 7.05 Å². The molecule has 0 aromatic carbocycles. The van der Waals surface area contributed by atoms with Gasteiger partial charge in [0.05, 0.1) is 11.8 Å². The minimum Gasteiger partial charge on any atom is -0.457 e. The Balaban J connectivity index is 2.11. The van der Waals surface area contributed by atoms with Crippen LogP contribution in [-0.4, -0.2) is 23.9 Å². The van der Waals surface area contributed by atoms with Crippen LogP contribution in [0.15, 0.2) is 21.4 Å². The average molecular weight is 258 g/mol. The van der Waals surface area contributed by atoms with Crippen LogP contribution in [0.2, 0.25) is 0 Å². The number of hydrogen-bond donors (Lipinski definition) is 0. The summed E-state index contributed by atoms with van der Waals surface area (Å²) in [6.45, 7) is 0. The van der Waals surface area contributed by atoms with Gasteiger partial charge in [0.1, 0.15) is 0 Å². The van der Waals surface area contributed by atoms with Crippen LogP contribution in [-0.2, 0) is 0 Å². The van der Waals surface area contributed by atoms with E-state index in [1.807, 2.05) is 7.05 Å². The van der Waals surface area contributed by atoms with E-state index in [9.17, 15) is 4.79 Å². The van der Waals surface area contributed by atoms with E-state index in [1.165, 1.54) is 12.7 Å². The predicted octanol–water partition coefficient (Wildman–Crippen LogP) is 2.67. The summed E-state index contributed by atoms with van der Waals surface area (Å²) in [4.78, 5) is 13.7. The van der Waals surface area contributed by atoms with Crippen LogP contribution in [0.25, 0.3) is 0 Å². The molecule has 0 radical (unpaired) electrons. The van der Waals surface area contributed by atoms with Gasteiger partial charge in [0.25, 0.3) is 5.91 Å². The third-order valence-corrected chi connectivity index (χ3v) is 3.41. The van der Waals surface area contributed by atoms with Gasteiger partial charge in [-0.05, 0) is 41.3 Å². The smallest absolute Gasteiger partial charge is 0.258 e. The summed E-state index contributed by atoms with van der Waals surface area (Å²) in [5.41, 5.74) is 0.611. The molecule has 0 bridgehead atoms. The Morgan fingerprint density at radius 3 is 2.79 bits per heavy atom. The van der Waals surface area contributed by atoms with Crippen molar-refractivity contribution >= 4 is 21.8 Å². The third-order valence-electron chi connectivity index (χ3n) is 2.79. The predicted molar refractivity (Wildman–Crippen MR) is 56.1 cm³/mol. The van der Waals surface area contributed by atoms with Crippen LogP contribution in [0, 0.1) is 0 Å². The molecule has 1 aliphatic rings. The minimum atomic E-state index is 0.0373. The van der Waals surface area contributed by atoms with Gasteiger partial charge < -0.3 is 9.32 Å². The van der Waals surface area contributed by atoms with Gasteiger partial charge in [-0.1, -0.05) is 0 Å². The first kappa shape index (κ1) is 9.77. The molecule has 1 aromatic rings. The molecule has 4 heteroatoms. The maximum Gasteiger partial charge on any atom is 0.258 e. The molecular formula is C10H12BrNO2. The molecule has 0 unspecified atom stereocenters. The fraction of sp³-hybridized carbons (Fsp3) is 0.500. The van der Waals surface area contributed by atoms with Gasteiger partial charge in [-0.2, -0.15) is 0 Å². The fourth-order valence-electron chi connectivity index (χ4n) is 1.58. The summed E-state index contributed by atoms with van der Waals surface area (Å²) in [6, 6.07) is 2.12. The van der Waals surface area contributed by atoms with E-state index < -0.39 is 0 Å². The lowest BCUT2D eigenvalue weighted by Gasteiger charge is -2.34. The summed E-state index contributed by atoms with van der Waals surface area (Å²) in [5.74, 6) is 0.0373. The lowest BCUT2D eigenvalue weighted by molar-refractivity contribution is 0.0650. The first-order valence-corrected chi connectivity index (χ1v) is 5.49. The maximum absolute atomic E-state index is 11.9. The fourth-order valence-corrected chi connectivity index (χ4v) is 1.99. The van der Waals surface area contributed by atoms with Crippen molar-refractivity contribution in [3.8, 4) is 0 Å². The molecule has 3 nitrogen and oxygen atoms in total. The second kappa shape index (κ2) is 3.77. The number of furan rings is 1. The van der Waals surface area contributed by atoms with E-state index in [2.05, 4.69) is 15.9 Å². The van der Waals surface area contributed by atoms with Crippen molar-refractivity contribution in [3.63, 3.8) is 0 Å². The zero-order chi connectivity index (χ0) is 10.1. The van der Waals surface area contributed by atoms with Gasteiger partial charge in [0.15, 0.2) is 4.67 Å². The lowest BCUT2D eigenvalue weighted by Crippen LogP contribution is -2.41. The maximum atomic E-state index is 11.9. The van der Waals surface area contributed by atoms with E-state index in [0.29, 0.717) is 16.3 Å². The average Bonchev–Trinajstić information content (AvgIpc) is 2.47. The van der Waals surface area contributed by atoms with Gasteiger partial charge in [0.2, 0.25) is 0 Å². The van der Waals surface area contributed by atoms with Crippen molar-refractivity contribution in [2.45, 2.75) is 25.3 Å². The standard InChI is InChI=1S/C10H12BrNO2/c1-12(7-3-2-4-7)10(13)8-5-6-14-9(8)11/h5-7H,2-4H2,1H3. The topological polar surface area (TPSA) is 33.5 Å². The van der Waals surface area contributed by atoms with Crippen molar-refractivity contribution in [1.82, 2.24) is 4.90 Å². The number of halogens is 1. The second-order valence-corrected chi connectivity index (χ2v) is 4.33. The first-order valence-electron chi connectivity index (χ1n) is 4.70. The van der Waals surface area contributed by atoms with Crippen molar-refractivity contribution in [3.05, 3.63) is 22.6 Å². The SMILES string of the molecule is CN(C(=O)c1ccoc1Br)C1CCC1. The molecule has 76 valence electrons. The van der Waals surface area contributed by atoms with E-state index in [0.717, 1.165) is 12.8 Å². The monoisotopic (exact) mass is 257 g/mol. The molecule has 1 fully saturated rings. The number of nitrogens with zero attached hydrogens (tertiary/aromatic N) is 1. The molecule has 0 N–H and O–H groups in total. The third kappa shape index (κ3) is 1.59. The normalized spacial score (nSPS) is 16.4. The summed E-state index contributed by atoms with van der Waals surface area (Å²) >= 11 is 3.21. The summed E-state index contributed by atoms with van der Waals surface area (Å²) in [7, 11) is 1.85. The van der Waals surface area contributed by atoms with E-state index in [-0.39, 0.29) is 5.91 Å². The molecule has 2 rings (SSSR count). The van der Waals surface area contributed by atoms with Crippen LogP contribution < -0.4 is 0 Å². The van der Waals surface area contributed by atoms with E-state index in [4.69, 9.17) is 4.42 Å². The molecule has 0 atom stereocenters. The zero-order valence-corrected chi connectivity index (χ0v) is 9.58. The highest BCUT2D eigenvalue weighted by molar-refractivity contribution is 9.10. The number of carbonyl (C=O) groups is 1. The highest BCUT2D eigenvalue weighted by atomic mass is 79.9. The molecule has 0 saturated heterocycles. The van der Waals surface area contributed by atoms with Crippen molar-refractivity contribution < 1.29 is 9.21 Å². The van der Waals surface area contributed by atoms with E-state index >= 15 is 0 Å². The lowest BCUT2D eigenvalue weighted by atomic mass is 9.91. The Morgan fingerprint density at radius 2 is 2.36 bits per heavy atom. The highest BCUT2D eigenvalue weighted by Gasteiger charge is 2.27. The van der Waals surface area contributed by atoms with Gasteiger partial charge >= 0.3 is 0 Å². The number of rotatable bonds is 2. The first-order chi connectivity index (χ1) is 6.70. The summed E-state index contributed by atoms with van der Waals surface area (Å²) in [6.07, 6.45) is 5.00. The van der Waals surface area contributed by atoms with Crippen LogP contribution in [0.5, 0.6) is 0 Å². The van der Waals surface area contributed by atoms with Crippen molar-refractivity contribution in [2.24, 2.45) is 0 Å². The van der Waals surface area contributed by atoms with Gasteiger partial charge in [-0.15, -0.1) is 0 Å². The molecule has 14 heavy (non-hydrogen) atoms. The highest BCUT2D eigenvalue weighted by Crippen LogP contribution is 2.26. The van der Waals surface area contributed by atoms with Crippen LogP contribution in [0.3, 0.4) is 0 Å². The molecule has 1 saturated carbocycles. The van der Waals surface area contributed by atoms with Gasteiger partial charge in [-0.3, -0.25) is 4.79 Å². The Morgan fingerprint density at radius 1 is 1.64 bits per heavy atom. The van der Waals surface area contributed by atoms with Crippen LogP contribution >= 0.6 is 15.9 Å². The summed E-state index contributed by atoms with van der Waals surface area (Å²) in [5, 5.41) is 0. The largest absolute Gasteiger partial charge is 0.457 e. The summed E-state index contributed by atoms with van der Waals surface area (Å²) < 4.78 is 5.56. The molecule has 0 spiro atoms. The van der Waals surface area contributed by atoms with Gasteiger partial charge in [0, 0.05) is 13.1 Å². The Kier molecular flexibility index (Phi) is 2.63. The zero-order valence-electron chi connectivity index (χ0n) is 8.00.